The molecule has 5 nitrogen and oxygen atoms in total. The number of imide groups is 1. The molecule has 0 spiro atoms. The van der Waals surface area contributed by atoms with Crippen LogP contribution in [0.1, 0.15) is 6.92 Å². The quantitative estimate of drug-likeness (QED) is 0.496. The van der Waals surface area contributed by atoms with Crippen molar-refractivity contribution in [2.75, 3.05) is 6.61 Å². The molecule has 1 saturated heterocycles. The number of ether oxygens (including phenoxy) is 1. The van der Waals surface area contributed by atoms with E-state index in [0.717, 1.165) is 0 Å². The second-order valence-electron chi connectivity index (χ2n) is 2.90. The largest absolute Gasteiger partial charge is 0.343 e. The third-order valence-electron chi connectivity index (χ3n) is 1.76. The number of hydrogen-bond donors (Lipinski definition) is 2. The van der Waals surface area contributed by atoms with Gasteiger partial charge in [-0.1, -0.05) is 5.92 Å². The van der Waals surface area contributed by atoms with E-state index in [1.54, 1.807) is 0 Å². The van der Waals surface area contributed by atoms with Crippen LogP contribution in [0.2, 0.25) is 0 Å². The van der Waals surface area contributed by atoms with Crippen molar-refractivity contribution in [3.63, 3.8) is 0 Å². The first kappa shape index (κ1) is 10.8. The maximum Gasteiger partial charge on any atom is 0.323 e. The summed E-state index contributed by atoms with van der Waals surface area (Å²) in [6.45, 7) is 1.41. The number of carbonyl (C=O) groups is 2. The number of amides is 3. The molecule has 3 amide bonds. The number of rotatable bonds is 2. The highest BCUT2D eigenvalue weighted by Crippen LogP contribution is 2.23. The van der Waals surface area contributed by atoms with E-state index in [1.807, 2.05) is 5.32 Å². The van der Waals surface area contributed by atoms with Gasteiger partial charge in [0.15, 0.2) is 11.1 Å². The molecule has 14 heavy (non-hydrogen) atoms. The van der Waals surface area contributed by atoms with E-state index in [4.69, 9.17) is 22.8 Å². The second kappa shape index (κ2) is 3.86. The van der Waals surface area contributed by atoms with Crippen molar-refractivity contribution in [1.29, 1.82) is 0 Å². The minimum atomic E-state index is -1.34. The van der Waals surface area contributed by atoms with Crippen LogP contribution in [0.15, 0.2) is 0 Å². The van der Waals surface area contributed by atoms with Crippen molar-refractivity contribution in [2.24, 2.45) is 0 Å². The van der Waals surface area contributed by atoms with Crippen molar-refractivity contribution in [3.05, 3.63) is 0 Å². The summed E-state index contributed by atoms with van der Waals surface area (Å²) in [7, 11) is 0. The molecule has 0 aromatic carbocycles. The molecular weight excluding hydrogens is 208 g/mol. The van der Waals surface area contributed by atoms with Gasteiger partial charge in [0.25, 0.3) is 5.91 Å². The van der Waals surface area contributed by atoms with Gasteiger partial charge in [-0.25, -0.2) is 4.79 Å². The minimum absolute atomic E-state index is 0.0272. The van der Waals surface area contributed by atoms with Gasteiger partial charge in [0.05, 0.1) is 0 Å². The van der Waals surface area contributed by atoms with Crippen molar-refractivity contribution in [3.8, 4) is 12.3 Å². The molecule has 0 saturated carbocycles. The van der Waals surface area contributed by atoms with E-state index in [1.165, 1.54) is 6.92 Å². The molecule has 1 aliphatic rings. The van der Waals surface area contributed by atoms with E-state index in [0.29, 0.717) is 0 Å². The molecule has 0 aliphatic carbocycles. The summed E-state index contributed by atoms with van der Waals surface area (Å²) < 4.78 is 5.03. The number of terminal acetylenes is 1. The van der Waals surface area contributed by atoms with Crippen molar-refractivity contribution >= 4 is 23.5 Å². The standard InChI is InChI=1S/C8H9ClN2O3/c1-3-4-14-6-8(2,9)5(12)10-7(13)11-6/h1,6H,4H2,2H3,(H2,10,11,12,13). The second-order valence-corrected chi connectivity index (χ2v) is 3.68. The van der Waals surface area contributed by atoms with Gasteiger partial charge in [-0.15, -0.1) is 18.0 Å². The highest BCUT2D eigenvalue weighted by atomic mass is 35.5. The Hall–Kier alpha value is -1.25. The molecule has 1 rings (SSSR count). The lowest BCUT2D eigenvalue weighted by Gasteiger charge is -2.34. The van der Waals surface area contributed by atoms with Crippen LogP contribution in [0.3, 0.4) is 0 Å². The summed E-state index contributed by atoms with van der Waals surface area (Å²) in [5.74, 6) is 1.61. The first-order valence-electron chi connectivity index (χ1n) is 3.84. The fourth-order valence-electron chi connectivity index (χ4n) is 0.965. The smallest absolute Gasteiger partial charge is 0.323 e. The Morgan fingerprint density at radius 1 is 1.71 bits per heavy atom. The number of alkyl halides is 1. The Bertz CT molecular complexity index is 308. The highest BCUT2D eigenvalue weighted by molar-refractivity contribution is 6.36. The number of hydrogen-bond acceptors (Lipinski definition) is 3. The summed E-state index contributed by atoms with van der Waals surface area (Å²) >= 11 is 5.87. The Morgan fingerprint density at radius 3 is 2.93 bits per heavy atom. The van der Waals surface area contributed by atoms with Gasteiger partial charge >= 0.3 is 6.03 Å². The molecule has 2 N–H and O–H groups in total. The zero-order valence-electron chi connectivity index (χ0n) is 7.46. The van der Waals surface area contributed by atoms with E-state index in [-0.39, 0.29) is 6.61 Å². The molecule has 2 unspecified atom stereocenters. The van der Waals surface area contributed by atoms with Gasteiger partial charge < -0.3 is 10.1 Å². The maximum atomic E-state index is 11.3. The van der Waals surface area contributed by atoms with Crippen molar-refractivity contribution in [1.82, 2.24) is 10.6 Å². The van der Waals surface area contributed by atoms with Crippen LogP contribution in [0.25, 0.3) is 0 Å². The molecule has 76 valence electrons. The first-order valence-corrected chi connectivity index (χ1v) is 4.22. The van der Waals surface area contributed by atoms with Crippen LogP contribution in [0.5, 0.6) is 0 Å². The molecule has 1 fully saturated rings. The molecule has 1 heterocycles. The Morgan fingerprint density at radius 2 is 2.36 bits per heavy atom. The van der Waals surface area contributed by atoms with E-state index in [2.05, 4.69) is 11.2 Å². The lowest BCUT2D eigenvalue weighted by Crippen LogP contribution is -2.66. The molecular formula is C8H9ClN2O3. The molecule has 6 heteroatoms. The molecule has 2 atom stereocenters. The van der Waals surface area contributed by atoms with Gasteiger partial charge in [-0.05, 0) is 6.92 Å². The normalized spacial score (nSPS) is 31.6. The first-order chi connectivity index (χ1) is 6.48. The average molecular weight is 217 g/mol. The third kappa shape index (κ3) is 1.97. The fraction of sp³-hybridized carbons (Fsp3) is 0.500. The minimum Gasteiger partial charge on any atom is -0.343 e. The predicted molar refractivity (Wildman–Crippen MR) is 49.5 cm³/mol. The third-order valence-corrected chi connectivity index (χ3v) is 2.13. The summed E-state index contributed by atoms with van der Waals surface area (Å²) in [6, 6.07) is -0.643. The zero-order chi connectivity index (χ0) is 10.8. The fourth-order valence-corrected chi connectivity index (χ4v) is 1.13. The van der Waals surface area contributed by atoms with Crippen LogP contribution in [-0.4, -0.2) is 29.6 Å². The highest BCUT2D eigenvalue weighted by Gasteiger charge is 2.46. The number of halogens is 1. The molecule has 0 radical (unpaired) electrons. The Labute approximate surface area is 86.1 Å². The number of carbonyl (C=O) groups excluding carboxylic acids is 2. The van der Waals surface area contributed by atoms with E-state index in [9.17, 15) is 9.59 Å². The Kier molecular flexibility index (Phi) is 2.99. The topological polar surface area (TPSA) is 67.4 Å². The van der Waals surface area contributed by atoms with E-state index < -0.39 is 23.0 Å². The van der Waals surface area contributed by atoms with Gasteiger partial charge in [0.2, 0.25) is 0 Å². The van der Waals surface area contributed by atoms with Crippen LogP contribution in [-0.2, 0) is 9.53 Å². The van der Waals surface area contributed by atoms with Crippen molar-refractivity contribution < 1.29 is 14.3 Å². The summed E-state index contributed by atoms with van der Waals surface area (Å²) in [5, 5.41) is 4.37. The molecule has 0 aromatic rings. The van der Waals surface area contributed by atoms with Crippen molar-refractivity contribution in [2.45, 2.75) is 18.0 Å². The number of nitrogens with one attached hydrogen (secondary N) is 2. The monoisotopic (exact) mass is 216 g/mol. The zero-order valence-corrected chi connectivity index (χ0v) is 8.22. The summed E-state index contributed by atoms with van der Waals surface area (Å²) in [5.41, 5.74) is 0. The van der Waals surface area contributed by atoms with Crippen LogP contribution in [0, 0.1) is 12.3 Å². The van der Waals surface area contributed by atoms with Gasteiger partial charge in [-0.2, -0.15) is 0 Å². The maximum absolute atomic E-state index is 11.3. The molecule has 0 bridgehead atoms. The number of urea groups is 1. The molecule has 1 aliphatic heterocycles. The average Bonchev–Trinajstić information content (AvgIpc) is 2.09. The van der Waals surface area contributed by atoms with Gasteiger partial charge in [-0.3, -0.25) is 10.1 Å². The lowest BCUT2D eigenvalue weighted by atomic mass is 10.1. The van der Waals surface area contributed by atoms with E-state index >= 15 is 0 Å². The molecule has 0 aromatic heterocycles. The summed E-state index contributed by atoms with van der Waals surface area (Å²) in [6.07, 6.45) is 4.06. The van der Waals surface area contributed by atoms with Crippen LogP contribution >= 0.6 is 11.6 Å². The predicted octanol–water partition coefficient (Wildman–Crippen LogP) is -0.201. The summed E-state index contributed by atoms with van der Waals surface area (Å²) in [4.78, 5) is 20.8. The lowest BCUT2D eigenvalue weighted by molar-refractivity contribution is -0.128. The van der Waals surface area contributed by atoms with Gasteiger partial charge in [0, 0.05) is 0 Å². The van der Waals surface area contributed by atoms with Crippen LogP contribution < -0.4 is 10.6 Å². The Balaban J connectivity index is 2.75. The van der Waals surface area contributed by atoms with Crippen LogP contribution in [0.4, 0.5) is 4.79 Å². The van der Waals surface area contributed by atoms with Gasteiger partial charge in [0.1, 0.15) is 6.61 Å². The SMILES string of the molecule is C#CCOC1NC(=O)NC(=O)C1(C)Cl.